The number of fused-ring (bicyclic) bond motifs is 1. The molecule has 2 aromatic heterocycles. The molecule has 5 heteroatoms. The average Bonchev–Trinajstić information content (AvgIpc) is 3.36. The Hall–Kier alpha value is -2.11. The summed E-state index contributed by atoms with van der Waals surface area (Å²) in [5.74, 6) is 0.294. The van der Waals surface area contributed by atoms with Gasteiger partial charge in [-0.25, -0.2) is 0 Å². The van der Waals surface area contributed by atoms with Gasteiger partial charge in [0.25, 0.3) is 0 Å². The fourth-order valence-corrected chi connectivity index (χ4v) is 4.53. The molecule has 3 heterocycles. The third-order valence-corrected chi connectivity index (χ3v) is 5.98. The quantitative estimate of drug-likeness (QED) is 0.734. The van der Waals surface area contributed by atoms with Crippen LogP contribution >= 0.6 is 11.3 Å². The molecule has 1 atom stereocenters. The first-order chi connectivity index (χ1) is 12.8. The van der Waals surface area contributed by atoms with Crippen molar-refractivity contribution < 1.29 is 9.53 Å². The molecule has 1 unspecified atom stereocenters. The van der Waals surface area contributed by atoms with Crippen LogP contribution in [0.25, 0.3) is 10.9 Å². The number of H-pyrrole nitrogens is 1. The van der Waals surface area contributed by atoms with E-state index < -0.39 is 0 Å². The molecule has 1 amide bonds. The Labute approximate surface area is 157 Å². The van der Waals surface area contributed by atoms with Crippen molar-refractivity contribution in [1.29, 1.82) is 0 Å². The summed E-state index contributed by atoms with van der Waals surface area (Å²) in [5, 5.41) is 5.49. The molecule has 1 saturated heterocycles. The largest absolute Gasteiger partial charge is 0.378 e. The van der Waals surface area contributed by atoms with E-state index in [2.05, 4.69) is 53.1 Å². The molecule has 136 valence electrons. The molecule has 0 saturated carbocycles. The first-order valence-corrected chi connectivity index (χ1v) is 10.2. The second kappa shape index (κ2) is 7.64. The van der Waals surface area contributed by atoms with E-state index in [9.17, 15) is 4.79 Å². The summed E-state index contributed by atoms with van der Waals surface area (Å²) in [7, 11) is 0. The van der Waals surface area contributed by atoms with E-state index in [1.54, 1.807) is 11.3 Å². The Morgan fingerprint density at radius 2 is 2.15 bits per heavy atom. The van der Waals surface area contributed by atoms with E-state index in [1.165, 1.54) is 27.6 Å². The van der Waals surface area contributed by atoms with Gasteiger partial charge in [0.2, 0.25) is 5.91 Å². The smallest absolute Gasteiger partial charge is 0.223 e. The monoisotopic (exact) mass is 368 g/mol. The lowest BCUT2D eigenvalue weighted by atomic mass is 9.89. The zero-order chi connectivity index (χ0) is 17.9. The Morgan fingerprint density at radius 1 is 1.31 bits per heavy atom. The van der Waals surface area contributed by atoms with Crippen molar-refractivity contribution in [1.82, 2.24) is 9.88 Å². The van der Waals surface area contributed by atoms with Crippen molar-refractivity contribution in [2.45, 2.75) is 25.7 Å². The molecule has 4 nitrogen and oxygen atoms in total. The van der Waals surface area contributed by atoms with E-state index in [1.807, 2.05) is 4.90 Å². The van der Waals surface area contributed by atoms with Crippen LogP contribution in [0.3, 0.4) is 0 Å². The number of thiophene rings is 1. The lowest BCUT2D eigenvalue weighted by molar-refractivity contribution is -0.135. The maximum absolute atomic E-state index is 12.9. The van der Waals surface area contributed by atoms with Gasteiger partial charge in [0.1, 0.15) is 0 Å². The van der Waals surface area contributed by atoms with Gasteiger partial charge in [0.15, 0.2) is 0 Å². The second-order valence-electron chi connectivity index (χ2n) is 6.74. The maximum atomic E-state index is 12.9. The second-order valence-corrected chi connectivity index (χ2v) is 7.52. The molecular formula is C21H24N2O2S. The van der Waals surface area contributed by atoms with Crippen molar-refractivity contribution in [3.63, 3.8) is 0 Å². The summed E-state index contributed by atoms with van der Waals surface area (Å²) >= 11 is 1.69. The van der Waals surface area contributed by atoms with Crippen LogP contribution in [0.4, 0.5) is 0 Å². The van der Waals surface area contributed by atoms with Gasteiger partial charge in [-0.15, -0.1) is 0 Å². The van der Waals surface area contributed by atoms with Crippen molar-refractivity contribution in [3.8, 4) is 0 Å². The van der Waals surface area contributed by atoms with Crippen LogP contribution in [0.1, 0.15) is 36.0 Å². The van der Waals surface area contributed by atoms with Gasteiger partial charge in [0.05, 0.1) is 13.2 Å². The average molecular weight is 369 g/mol. The van der Waals surface area contributed by atoms with Gasteiger partial charge in [-0.1, -0.05) is 25.1 Å². The zero-order valence-electron chi connectivity index (χ0n) is 15.0. The SMILES string of the molecule is CCc1cccc2c(C(CC(=O)N3CCOCC3)c3ccsc3)c[nH]c12. The maximum Gasteiger partial charge on any atom is 0.223 e. The Balaban J connectivity index is 1.69. The number of carbonyl (C=O) groups is 1. The molecule has 1 N–H and O–H groups in total. The van der Waals surface area contributed by atoms with Crippen LogP contribution < -0.4 is 0 Å². The van der Waals surface area contributed by atoms with Gasteiger partial charge in [-0.2, -0.15) is 11.3 Å². The number of rotatable bonds is 5. The highest BCUT2D eigenvalue weighted by molar-refractivity contribution is 7.08. The van der Waals surface area contributed by atoms with Gasteiger partial charge in [-0.05, 0) is 39.9 Å². The summed E-state index contributed by atoms with van der Waals surface area (Å²) in [4.78, 5) is 18.3. The highest BCUT2D eigenvalue weighted by Gasteiger charge is 2.25. The molecule has 3 aromatic rings. The molecule has 0 bridgehead atoms. The number of hydrogen-bond donors (Lipinski definition) is 1. The minimum atomic E-state index is 0.0810. The van der Waals surface area contributed by atoms with Crippen LogP contribution in [0.2, 0.25) is 0 Å². The van der Waals surface area contributed by atoms with E-state index in [0.717, 1.165) is 6.42 Å². The van der Waals surface area contributed by atoms with Crippen molar-refractivity contribution >= 4 is 28.1 Å². The van der Waals surface area contributed by atoms with Gasteiger partial charge >= 0.3 is 0 Å². The van der Waals surface area contributed by atoms with Crippen molar-refractivity contribution in [2.75, 3.05) is 26.3 Å². The molecule has 1 aliphatic heterocycles. The van der Waals surface area contributed by atoms with Crippen LogP contribution in [-0.2, 0) is 16.0 Å². The van der Waals surface area contributed by atoms with Crippen molar-refractivity contribution in [3.05, 3.63) is 57.9 Å². The number of nitrogens with zero attached hydrogens (tertiary/aromatic N) is 1. The lowest BCUT2D eigenvalue weighted by Crippen LogP contribution is -2.41. The van der Waals surface area contributed by atoms with Crippen LogP contribution in [0, 0.1) is 0 Å². The fraction of sp³-hybridized carbons (Fsp3) is 0.381. The first-order valence-electron chi connectivity index (χ1n) is 9.24. The number of hydrogen-bond acceptors (Lipinski definition) is 3. The molecule has 0 radical (unpaired) electrons. The van der Waals surface area contributed by atoms with Gasteiger partial charge in [0, 0.05) is 42.5 Å². The summed E-state index contributed by atoms with van der Waals surface area (Å²) < 4.78 is 5.39. The number of para-hydroxylation sites is 1. The van der Waals surface area contributed by atoms with Crippen LogP contribution in [-0.4, -0.2) is 42.1 Å². The number of ether oxygens (including phenoxy) is 1. The standard InChI is InChI=1S/C21H24N2O2S/c1-2-15-4-3-5-17-19(13-22-21(15)17)18(16-6-11-26-14-16)12-20(24)23-7-9-25-10-8-23/h3-6,11,13-14,18,22H,2,7-10,12H2,1H3. The van der Waals surface area contributed by atoms with E-state index in [4.69, 9.17) is 4.74 Å². The zero-order valence-corrected chi connectivity index (χ0v) is 15.8. The molecule has 1 fully saturated rings. The molecule has 1 aliphatic rings. The van der Waals surface area contributed by atoms with Gasteiger partial charge in [-0.3, -0.25) is 4.79 Å². The Bertz CT molecular complexity index is 879. The molecule has 26 heavy (non-hydrogen) atoms. The van der Waals surface area contributed by atoms with Crippen LogP contribution in [0.15, 0.2) is 41.2 Å². The van der Waals surface area contributed by atoms with Crippen LogP contribution in [0.5, 0.6) is 0 Å². The molecular weight excluding hydrogens is 344 g/mol. The summed E-state index contributed by atoms with van der Waals surface area (Å²) in [6.45, 7) is 4.85. The third-order valence-electron chi connectivity index (χ3n) is 5.28. The molecule has 1 aromatic carbocycles. The molecule has 0 spiro atoms. The normalized spacial score (nSPS) is 16.1. The van der Waals surface area contributed by atoms with E-state index in [0.29, 0.717) is 32.7 Å². The third kappa shape index (κ3) is 3.29. The molecule has 4 rings (SSSR count). The predicted octanol–water partition coefficient (Wildman–Crippen LogP) is 4.17. The van der Waals surface area contributed by atoms with Crippen molar-refractivity contribution in [2.24, 2.45) is 0 Å². The van der Waals surface area contributed by atoms with Gasteiger partial charge < -0.3 is 14.6 Å². The number of aryl methyl sites for hydroxylation is 1. The number of benzene rings is 1. The fourth-order valence-electron chi connectivity index (χ4n) is 3.82. The minimum absolute atomic E-state index is 0.0810. The first kappa shape index (κ1) is 17.3. The summed E-state index contributed by atoms with van der Waals surface area (Å²) in [5.41, 5.74) is 4.95. The number of aromatic amines is 1. The number of carbonyl (C=O) groups excluding carboxylic acids is 1. The Morgan fingerprint density at radius 3 is 2.88 bits per heavy atom. The number of morpholine rings is 1. The summed E-state index contributed by atoms with van der Waals surface area (Å²) in [6, 6.07) is 8.59. The number of aromatic nitrogens is 1. The highest BCUT2D eigenvalue weighted by atomic mass is 32.1. The number of nitrogens with one attached hydrogen (secondary N) is 1. The predicted molar refractivity (Wildman–Crippen MR) is 106 cm³/mol. The molecule has 0 aliphatic carbocycles. The van der Waals surface area contributed by atoms with E-state index >= 15 is 0 Å². The lowest BCUT2D eigenvalue weighted by Gasteiger charge is -2.28. The summed E-state index contributed by atoms with van der Waals surface area (Å²) in [6.07, 6.45) is 3.59. The Kier molecular flexibility index (Phi) is 5.09. The number of amides is 1. The minimum Gasteiger partial charge on any atom is -0.378 e. The highest BCUT2D eigenvalue weighted by Crippen LogP contribution is 2.35. The topological polar surface area (TPSA) is 45.3 Å². The van der Waals surface area contributed by atoms with E-state index in [-0.39, 0.29) is 11.8 Å².